The number of morpholine rings is 2. The summed E-state index contributed by atoms with van der Waals surface area (Å²) in [7, 11) is 0. The van der Waals surface area contributed by atoms with Gasteiger partial charge in [0.1, 0.15) is 17.3 Å². The van der Waals surface area contributed by atoms with Crippen LogP contribution in [0.1, 0.15) is 30.2 Å². The summed E-state index contributed by atoms with van der Waals surface area (Å²) in [5.41, 5.74) is 0.459. The van der Waals surface area contributed by atoms with Gasteiger partial charge in [-0.3, -0.25) is 4.79 Å². The first-order valence-electron chi connectivity index (χ1n) is 8.16. The van der Waals surface area contributed by atoms with Gasteiger partial charge in [-0.2, -0.15) is 0 Å². The molecule has 1 aromatic rings. The lowest BCUT2D eigenvalue weighted by molar-refractivity contribution is -0.00548. The fourth-order valence-corrected chi connectivity index (χ4v) is 3.12. The van der Waals surface area contributed by atoms with Crippen molar-refractivity contribution in [1.82, 2.24) is 14.9 Å². The molecule has 2 aliphatic rings. The van der Waals surface area contributed by atoms with Gasteiger partial charge in [0, 0.05) is 32.2 Å². The molecule has 1 amide bonds. The highest BCUT2D eigenvalue weighted by Crippen LogP contribution is 2.20. The number of hydrogen-bond donors (Lipinski definition) is 0. The molecule has 7 nitrogen and oxygen atoms in total. The van der Waals surface area contributed by atoms with Crippen LogP contribution in [0.3, 0.4) is 0 Å². The third-order valence-electron chi connectivity index (χ3n) is 4.09. The molecule has 0 N–H and O–H groups in total. The third-order valence-corrected chi connectivity index (χ3v) is 4.09. The molecule has 2 atom stereocenters. The van der Waals surface area contributed by atoms with Crippen molar-refractivity contribution in [2.75, 3.05) is 44.3 Å². The number of nitrogens with zero attached hydrogens (tertiary/aromatic N) is 4. The van der Waals surface area contributed by atoms with E-state index in [0.29, 0.717) is 37.8 Å². The lowest BCUT2D eigenvalue weighted by atomic mass is 10.2. The Hall–Kier alpha value is -1.73. The van der Waals surface area contributed by atoms with Gasteiger partial charge >= 0.3 is 0 Å². The van der Waals surface area contributed by atoms with Crippen molar-refractivity contribution in [2.24, 2.45) is 0 Å². The van der Waals surface area contributed by atoms with Gasteiger partial charge in [-0.25, -0.2) is 9.97 Å². The van der Waals surface area contributed by atoms with Crippen molar-refractivity contribution >= 4 is 11.7 Å². The monoisotopic (exact) mass is 320 g/mol. The Kier molecular flexibility index (Phi) is 4.77. The zero-order valence-corrected chi connectivity index (χ0v) is 14.0. The van der Waals surface area contributed by atoms with Crippen LogP contribution in [-0.4, -0.2) is 72.4 Å². The lowest BCUT2D eigenvalue weighted by Crippen LogP contribution is -2.46. The van der Waals surface area contributed by atoms with Crippen molar-refractivity contribution in [2.45, 2.75) is 33.0 Å². The molecule has 2 saturated heterocycles. The second kappa shape index (κ2) is 6.80. The number of amides is 1. The maximum Gasteiger partial charge on any atom is 0.272 e. The van der Waals surface area contributed by atoms with E-state index in [2.05, 4.69) is 28.7 Å². The van der Waals surface area contributed by atoms with E-state index in [1.54, 1.807) is 11.0 Å². The summed E-state index contributed by atoms with van der Waals surface area (Å²) in [6, 6.07) is 1.80. The second-order valence-corrected chi connectivity index (χ2v) is 6.23. The SMILES string of the molecule is Cc1nc(C(=O)N2CCOCC2)cc(N2C[C@H](C)O[C@@H](C)C2)n1. The van der Waals surface area contributed by atoms with Gasteiger partial charge in [-0.15, -0.1) is 0 Å². The first-order chi connectivity index (χ1) is 11.0. The van der Waals surface area contributed by atoms with Gasteiger partial charge in [0.05, 0.1) is 25.4 Å². The smallest absolute Gasteiger partial charge is 0.272 e. The average Bonchev–Trinajstić information content (AvgIpc) is 2.53. The minimum atomic E-state index is -0.0468. The Balaban J connectivity index is 1.82. The van der Waals surface area contributed by atoms with E-state index in [-0.39, 0.29) is 18.1 Å². The summed E-state index contributed by atoms with van der Waals surface area (Å²) in [4.78, 5) is 25.5. The zero-order valence-electron chi connectivity index (χ0n) is 14.0. The molecule has 0 unspecified atom stereocenters. The Bertz CT molecular complexity index is 564. The lowest BCUT2D eigenvalue weighted by Gasteiger charge is -2.36. The Morgan fingerprint density at radius 2 is 1.83 bits per heavy atom. The van der Waals surface area contributed by atoms with E-state index in [1.807, 2.05) is 6.92 Å². The fraction of sp³-hybridized carbons (Fsp3) is 0.688. The first-order valence-corrected chi connectivity index (χ1v) is 8.16. The Morgan fingerprint density at radius 3 is 2.48 bits per heavy atom. The second-order valence-electron chi connectivity index (χ2n) is 6.23. The van der Waals surface area contributed by atoms with Crippen LogP contribution in [0, 0.1) is 6.92 Å². The van der Waals surface area contributed by atoms with Crippen LogP contribution in [0.25, 0.3) is 0 Å². The van der Waals surface area contributed by atoms with Crippen molar-refractivity contribution in [3.05, 3.63) is 17.6 Å². The summed E-state index contributed by atoms with van der Waals surface area (Å²) in [6.45, 7) is 9.87. The summed E-state index contributed by atoms with van der Waals surface area (Å²) in [5.74, 6) is 1.37. The van der Waals surface area contributed by atoms with Crippen LogP contribution in [0.2, 0.25) is 0 Å². The van der Waals surface area contributed by atoms with E-state index in [0.717, 1.165) is 18.9 Å². The van der Waals surface area contributed by atoms with E-state index in [9.17, 15) is 4.79 Å². The number of ether oxygens (including phenoxy) is 2. The summed E-state index contributed by atoms with van der Waals surface area (Å²) < 4.78 is 11.1. The van der Waals surface area contributed by atoms with Crippen LogP contribution in [0.5, 0.6) is 0 Å². The molecule has 1 aromatic heterocycles. The van der Waals surface area contributed by atoms with Gasteiger partial charge in [0.25, 0.3) is 5.91 Å². The van der Waals surface area contributed by atoms with Crippen LogP contribution >= 0.6 is 0 Å². The predicted octanol–water partition coefficient (Wildman–Crippen LogP) is 0.871. The number of anilines is 1. The fourth-order valence-electron chi connectivity index (χ4n) is 3.12. The zero-order chi connectivity index (χ0) is 16.4. The number of aromatic nitrogens is 2. The van der Waals surface area contributed by atoms with E-state index in [4.69, 9.17) is 9.47 Å². The highest BCUT2D eigenvalue weighted by molar-refractivity contribution is 5.93. The third kappa shape index (κ3) is 3.79. The molecule has 0 aliphatic carbocycles. The summed E-state index contributed by atoms with van der Waals surface area (Å²) in [6.07, 6.45) is 0.292. The maximum atomic E-state index is 12.7. The molecule has 2 fully saturated rings. The van der Waals surface area contributed by atoms with Gasteiger partial charge in [-0.05, 0) is 20.8 Å². The Morgan fingerprint density at radius 1 is 1.17 bits per heavy atom. The summed E-state index contributed by atoms with van der Waals surface area (Å²) in [5, 5.41) is 0. The molecular weight excluding hydrogens is 296 g/mol. The van der Waals surface area contributed by atoms with Crippen LogP contribution < -0.4 is 4.90 Å². The minimum absolute atomic E-state index is 0.0468. The highest BCUT2D eigenvalue weighted by Gasteiger charge is 2.26. The molecular formula is C16H24N4O3. The van der Waals surface area contributed by atoms with Crippen molar-refractivity contribution in [3.8, 4) is 0 Å². The number of rotatable bonds is 2. The first kappa shape index (κ1) is 16.1. The quantitative estimate of drug-likeness (QED) is 0.805. The highest BCUT2D eigenvalue weighted by atomic mass is 16.5. The minimum Gasteiger partial charge on any atom is -0.378 e. The average molecular weight is 320 g/mol. The van der Waals surface area contributed by atoms with Crippen LogP contribution in [0.15, 0.2) is 6.07 Å². The molecule has 2 aliphatic heterocycles. The molecule has 0 bridgehead atoms. The van der Waals surface area contributed by atoms with E-state index in [1.165, 1.54) is 0 Å². The van der Waals surface area contributed by atoms with Gasteiger partial charge in [0.15, 0.2) is 0 Å². The number of aryl methyl sites for hydroxylation is 1. The molecule has 126 valence electrons. The van der Waals surface area contributed by atoms with E-state index < -0.39 is 0 Å². The summed E-state index contributed by atoms with van der Waals surface area (Å²) >= 11 is 0. The molecule has 0 spiro atoms. The molecule has 3 heterocycles. The normalized spacial score (nSPS) is 25.5. The molecule has 0 radical (unpaired) electrons. The number of carbonyl (C=O) groups is 1. The van der Waals surface area contributed by atoms with Gasteiger partial charge in [-0.1, -0.05) is 0 Å². The molecule has 23 heavy (non-hydrogen) atoms. The topological polar surface area (TPSA) is 67.8 Å². The molecule has 3 rings (SSSR count). The van der Waals surface area contributed by atoms with Crippen LogP contribution in [0.4, 0.5) is 5.82 Å². The van der Waals surface area contributed by atoms with Crippen molar-refractivity contribution in [3.63, 3.8) is 0 Å². The van der Waals surface area contributed by atoms with Gasteiger partial charge < -0.3 is 19.3 Å². The number of hydrogen-bond acceptors (Lipinski definition) is 6. The van der Waals surface area contributed by atoms with Crippen molar-refractivity contribution < 1.29 is 14.3 Å². The van der Waals surface area contributed by atoms with Crippen molar-refractivity contribution in [1.29, 1.82) is 0 Å². The largest absolute Gasteiger partial charge is 0.378 e. The molecule has 0 aromatic carbocycles. The molecule has 0 saturated carbocycles. The Labute approximate surface area is 136 Å². The van der Waals surface area contributed by atoms with E-state index >= 15 is 0 Å². The van der Waals surface area contributed by atoms with Crippen LogP contribution in [-0.2, 0) is 9.47 Å². The maximum absolute atomic E-state index is 12.7. The standard InChI is InChI=1S/C16H24N4O3/c1-11-9-20(10-12(2)23-11)15-8-14(17-13(3)18-15)16(21)19-4-6-22-7-5-19/h8,11-12H,4-7,9-10H2,1-3H3/t11-,12-/m0/s1. The molecule has 7 heteroatoms. The predicted molar refractivity (Wildman–Crippen MR) is 85.7 cm³/mol. The van der Waals surface area contributed by atoms with Gasteiger partial charge in [0.2, 0.25) is 0 Å². The number of carbonyl (C=O) groups excluding carboxylic acids is 1.